The zero-order chi connectivity index (χ0) is 12.1. The highest BCUT2D eigenvalue weighted by Gasteiger charge is 2.12. The van der Waals surface area contributed by atoms with Crippen LogP contribution in [0.25, 0.3) is 0 Å². The van der Waals surface area contributed by atoms with Crippen LogP contribution in [0.2, 0.25) is 5.02 Å². The molecule has 0 aliphatic heterocycles. The fourth-order valence-electron chi connectivity index (χ4n) is 1.16. The van der Waals surface area contributed by atoms with E-state index in [2.05, 4.69) is 21.2 Å². The molecule has 0 radical (unpaired) electrons. The average Bonchev–Trinajstić information content (AvgIpc) is 2.21. The third-order valence-corrected chi connectivity index (χ3v) is 2.87. The Labute approximate surface area is 107 Å². The summed E-state index contributed by atoms with van der Waals surface area (Å²) < 4.78 is 13.1. The summed E-state index contributed by atoms with van der Waals surface area (Å²) in [4.78, 5) is 12.0. The predicted octanol–water partition coefficient (Wildman–Crippen LogP) is 3.38. The van der Waals surface area contributed by atoms with Gasteiger partial charge in [0.1, 0.15) is 5.82 Å². The number of amides is 1. The van der Waals surface area contributed by atoms with Gasteiger partial charge in [0.05, 0.1) is 10.6 Å². The highest BCUT2D eigenvalue weighted by Crippen LogP contribution is 2.19. The molecule has 1 rings (SSSR count). The molecule has 0 aliphatic carbocycles. The van der Waals surface area contributed by atoms with E-state index in [4.69, 9.17) is 11.6 Å². The Kier molecular flexibility index (Phi) is 5.22. The smallest absolute Gasteiger partial charge is 0.252 e. The van der Waals surface area contributed by atoms with Gasteiger partial charge in [-0.1, -0.05) is 40.5 Å². The van der Waals surface area contributed by atoms with Crippen molar-refractivity contribution in [2.24, 2.45) is 0 Å². The first kappa shape index (κ1) is 13.5. The Hall–Kier alpha value is -0.610. The molecule has 1 aromatic rings. The molecular formula is C11H12BrClFNO. The van der Waals surface area contributed by atoms with Crippen LogP contribution in [0.4, 0.5) is 4.39 Å². The number of hydrogen-bond donors (Lipinski definition) is 1. The second-order valence-electron chi connectivity index (χ2n) is 3.43. The van der Waals surface area contributed by atoms with Gasteiger partial charge in [-0.15, -0.1) is 0 Å². The van der Waals surface area contributed by atoms with Gasteiger partial charge in [0.2, 0.25) is 0 Å². The van der Waals surface area contributed by atoms with Crippen LogP contribution in [0.15, 0.2) is 18.2 Å². The van der Waals surface area contributed by atoms with Crippen LogP contribution in [-0.2, 0) is 0 Å². The SMILES string of the molecule is CC(Br)CCNC(=O)c1cccc(F)c1Cl. The molecule has 0 fully saturated rings. The Morgan fingerprint density at radius 1 is 1.62 bits per heavy atom. The minimum atomic E-state index is -0.580. The molecule has 1 aromatic carbocycles. The van der Waals surface area contributed by atoms with Gasteiger partial charge in [-0.3, -0.25) is 4.79 Å². The van der Waals surface area contributed by atoms with E-state index < -0.39 is 5.82 Å². The standard InChI is InChI=1S/C11H12BrClFNO/c1-7(12)5-6-15-11(16)8-3-2-4-9(14)10(8)13/h2-4,7H,5-6H2,1H3,(H,15,16). The molecule has 0 aliphatic rings. The number of carbonyl (C=O) groups excluding carboxylic acids is 1. The van der Waals surface area contributed by atoms with E-state index >= 15 is 0 Å². The maximum absolute atomic E-state index is 13.1. The average molecular weight is 309 g/mol. The molecule has 1 atom stereocenters. The Morgan fingerprint density at radius 2 is 2.31 bits per heavy atom. The summed E-state index contributed by atoms with van der Waals surface area (Å²) in [6.07, 6.45) is 0.804. The molecular weight excluding hydrogens is 296 g/mol. The molecule has 1 amide bonds. The summed E-state index contributed by atoms with van der Waals surface area (Å²) in [6.45, 7) is 2.51. The first-order chi connectivity index (χ1) is 7.52. The number of alkyl halides is 1. The summed E-state index contributed by atoms with van der Waals surface area (Å²) in [5, 5.41) is 2.55. The first-order valence-electron chi connectivity index (χ1n) is 4.88. The van der Waals surface area contributed by atoms with E-state index in [0.29, 0.717) is 11.4 Å². The summed E-state index contributed by atoms with van der Waals surface area (Å²) in [5.41, 5.74) is 0.170. The van der Waals surface area contributed by atoms with E-state index in [1.807, 2.05) is 6.92 Å². The topological polar surface area (TPSA) is 29.1 Å². The minimum absolute atomic E-state index is 0.133. The molecule has 2 nitrogen and oxygen atoms in total. The van der Waals surface area contributed by atoms with Crippen molar-refractivity contribution in [1.29, 1.82) is 0 Å². The van der Waals surface area contributed by atoms with Gasteiger partial charge in [0, 0.05) is 11.4 Å². The summed E-state index contributed by atoms with van der Waals surface area (Å²) in [5.74, 6) is -0.930. The number of rotatable bonds is 4. The lowest BCUT2D eigenvalue weighted by molar-refractivity contribution is 0.0953. The van der Waals surface area contributed by atoms with Crippen LogP contribution in [0.1, 0.15) is 23.7 Å². The van der Waals surface area contributed by atoms with Crippen LogP contribution in [0.3, 0.4) is 0 Å². The second-order valence-corrected chi connectivity index (χ2v) is 5.37. The van der Waals surface area contributed by atoms with Crippen molar-refractivity contribution in [3.8, 4) is 0 Å². The van der Waals surface area contributed by atoms with Crippen LogP contribution >= 0.6 is 27.5 Å². The molecule has 1 unspecified atom stereocenters. The van der Waals surface area contributed by atoms with Crippen LogP contribution in [0, 0.1) is 5.82 Å². The maximum Gasteiger partial charge on any atom is 0.252 e. The fourth-order valence-corrected chi connectivity index (χ4v) is 1.60. The van der Waals surface area contributed by atoms with Gasteiger partial charge >= 0.3 is 0 Å². The number of benzene rings is 1. The Balaban J connectivity index is 2.63. The molecule has 1 N–H and O–H groups in total. The fraction of sp³-hybridized carbons (Fsp3) is 0.364. The summed E-state index contributed by atoms with van der Waals surface area (Å²) in [6, 6.07) is 4.18. The van der Waals surface area contributed by atoms with E-state index in [0.717, 1.165) is 6.42 Å². The normalized spacial score (nSPS) is 12.2. The second kappa shape index (κ2) is 6.21. The number of nitrogens with one attached hydrogen (secondary N) is 1. The zero-order valence-corrected chi connectivity index (χ0v) is 11.1. The lowest BCUT2D eigenvalue weighted by Gasteiger charge is -2.07. The van der Waals surface area contributed by atoms with E-state index in [-0.39, 0.29) is 16.5 Å². The van der Waals surface area contributed by atoms with Crippen molar-refractivity contribution in [1.82, 2.24) is 5.32 Å². The van der Waals surface area contributed by atoms with Gasteiger partial charge < -0.3 is 5.32 Å². The molecule has 0 saturated carbocycles. The van der Waals surface area contributed by atoms with Crippen molar-refractivity contribution in [3.63, 3.8) is 0 Å². The molecule has 0 spiro atoms. The van der Waals surface area contributed by atoms with Crippen LogP contribution in [-0.4, -0.2) is 17.3 Å². The zero-order valence-electron chi connectivity index (χ0n) is 8.77. The molecule has 16 heavy (non-hydrogen) atoms. The van der Waals surface area contributed by atoms with Gasteiger partial charge in [-0.25, -0.2) is 4.39 Å². The largest absolute Gasteiger partial charge is 0.352 e. The third-order valence-electron chi connectivity index (χ3n) is 2.02. The van der Waals surface area contributed by atoms with Crippen molar-refractivity contribution in [2.45, 2.75) is 18.2 Å². The molecule has 0 saturated heterocycles. The quantitative estimate of drug-likeness (QED) is 0.849. The van der Waals surface area contributed by atoms with Crippen LogP contribution < -0.4 is 5.32 Å². The highest BCUT2D eigenvalue weighted by molar-refractivity contribution is 9.09. The van der Waals surface area contributed by atoms with E-state index in [1.54, 1.807) is 0 Å². The van der Waals surface area contributed by atoms with Crippen LogP contribution in [0.5, 0.6) is 0 Å². The molecule has 0 bridgehead atoms. The summed E-state index contributed by atoms with van der Waals surface area (Å²) in [7, 11) is 0. The third kappa shape index (κ3) is 3.76. The summed E-state index contributed by atoms with van der Waals surface area (Å²) >= 11 is 9.05. The Bertz CT molecular complexity index is 384. The van der Waals surface area contributed by atoms with Crippen molar-refractivity contribution >= 4 is 33.4 Å². The van der Waals surface area contributed by atoms with Gasteiger partial charge in [0.25, 0.3) is 5.91 Å². The molecule has 88 valence electrons. The van der Waals surface area contributed by atoms with Crippen molar-refractivity contribution in [2.75, 3.05) is 6.54 Å². The molecule has 5 heteroatoms. The number of carbonyl (C=O) groups is 1. The predicted molar refractivity (Wildman–Crippen MR) is 66.7 cm³/mol. The molecule has 0 heterocycles. The molecule has 0 aromatic heterocycles. The van der Waals surface area contributed by atoms with E-state index in [1.165, 1.54) is 18.2 Å². The van der Waals surface area contributed by atoms with Gasteiger partial charge in [0.15, 0.2) is 0 Å². The minimum Gasteiger partial charge on any atom is -0.352 e. The lowest BCUT2D eigenvalue weighted by atomic mass is 10.2. The van der Waals surface area contributed by atoms with E-state index in [9.17, 15) is 9.18 Å². The lowest BCUT2D eigenvalue weighted by Crippen LogP contribution is -2.26. The van der Waals surface area contributed by atoms with Crippen molar-refractivity contribution < 1.29 is 9.18 Å². The highest BCUT2D eigenvalue weighted by atomic mass is 79.9. The van der Waals surface area contributed by atoms with Gasteiger partial charge in [-0.05, 0) is 18.6 Å². The first-order valence-corrected chi connectivity index (χ1v) is 6.18. The van der Waals surface area contributed by atoms with Gasteiger partial charge in [-0.2, -0.15) is 0 Å². The monoisotopic (exact) mass is 307 g/mol. The van der Waals surface area contributed by atoms with Crippen molar-refractivity contribution in [3.05, 3.63) is 34.6 Å². The number of halogens is 3. The number of hydrogen-bond acceptors (Lipinski definition) is 1. The Morgan fingerprint density at radius 3 is 2.94 bits per heavy atom. The maximum atomic E-state index is 13.1.